The van der Waals surface area contributed by atoms with Crippen LogP contribution < -0.4 is 0 Å². The highest BCUT2D eigenvalue weighted by Gasteiger charge is 2.21. The zero-order valence-corrected chi connectivity index (χ0v) is 8.45. The van der Waals surface area contributed by atoms with Crippen molar-refractivity contribution in [2.45, 2.75) is 26.2 Å². The molecular formula is C10H12FN3. The van der Waals surface area contributed by atoms with Gasteiger partial charge in [-0.2, -0.15) is 5.10 Å². The van der Waals surface area contributed by atoms with E-state index in [1.165, 1.54) is 6.07 Å². The molecule has 2 aromatic rings. The molecule has 0 aliphatic heterocycles. The van der Waals surface area contributed by atoms with E-state index >= 15 is 0 Å². The van der Waals surface area contributed by atoms with E-state index in [0.717, 1.165) is 0 Å². The maximum absolute atomic E-state index is 13.6. The van der Waals surface area contributed by atoms with E-state index in [2.05, 4.69) is 10.1 Å². The summed E-state index contributed by atoms with van der Waals surface area (Å²) in [7, 11) is 0. The smallest absolute Gasteiger partial charge is 0.156 e. The Labute approximate surface area is 81.6 Å². The van der Waals surface area contributed by atoms with Gasteiger partial charge < -0.3 is 0 Å². The minimum Gasteiger partial charge on any atom is -0.235 e. The molecule has 0 aliphatic rings. The van der Waals surface area contributed by atoms with Gasteiger partial charge in [0.2, 0.25) is 0 Å². The van der Waals surface area contributed by atoms with Gasteiger partial charge in [0, 0.05) is 23.9 Å². The second-order valence-electron chi connectivity index (χ2n) is 4.32. The van der Waals surface area contributed by atoms with Crippen LogP contribution in [0.3, 0.4) is 0 Å². The molecule has 0 aromatic carbocycles. The van der Waals surface area contributed by atoms with Gasteiger partial charge in [-0.3, -0.25) is 0 Å². The summed E-state index contributed by atoms with van der Waals surface area (Å²) in [5.41, 5.74) is 0.709. The average molecular weight is 193 g/mol. The predicted octanol–water partition coefficient (Wildman–Crippen LogP) is 2.17. The van der Waals surface area contributed by atoms with Crippen LogP contribution in [0.1, 0.15) is 26.5 Å². The normalized spacial score (nSPS) is 12.3. The van der Waals surface area contributed by atoms with Gasteiger partial charge in [0.1, 0.15) is 5.69 Å². The molecule has 14 heavy (non-hydrogen) atoms. The maximum Gasteiger partial charge on any atom is 0.156 e. The summed E-state index contributed by atoms with van der Waals surface area (Å²) >= 11 is 0. The first-order valence-electron chi connectivity index (χ1n) is 4.49. The Morgan fingerprint density at radius 3 is 2.71 bits per heavy atom. The van der Waals surface area contributed by atoms with Crippen LogP contribution in [0.5, 0.6) is 0 Å². The molecule has 4 heteroatoms. The number of fused-ring (bicyclic) bond motifs is 1. The van der Waals surface area contributed by atoms with Crippen molar-refractivity contribution in [1.82, 2.24) is 14.6 Å². The highest BCUT2D eigenvalue weighted by atomic mass is 19.1. The third-order valence-electron chi connectivity index (χ3n) is 2.05. The van der Waals surface area contributed by atoms with Crippen molar-refractivity contribution in [3.05, 3.63) is 30.0 Å². The number of rotatable bonds is 0. The summed E-state index contributed by atoms with van der Waals surface area (Å²) in [6, 6.07) is 1.41. The Morgan fingerprint density at radius 2 is 2.07 bits per heavy atom. The first-order chi connectivity index (χ1) is 6.48. The van der Waals surface area contributed by atoms with Gasteiger partial charge in [0.25, 0.3) is 0 Å². The Bertz CT molecular complexity index is 468. The van der Waals surface area contributed by atoms with Gasteiger partial charge in [-0.05, 0) is 0 Å². The largest absolute Gasteiger partial charge is 0.235 e. The molecule has 0 aliphatic carbocycles. The van der Waals surface area contributed by atoms with Gasteiger partial charge >= 0.3 is 0 Å². The highest BCUT2D eigenvalue weighted by Crippen LogP contribution is 2.22. The third-order valence-corrected chi connectivity index (χ3v) is 2.05. The molecule has 0 amide bonds. The van der Waals surface area contributed by atoms with E-state index in [4.69, 9.17) is 0 Å². The predicted molar refractivity (Wildman–Crippen MR) is 51.6 cm³/mol. The molecule has 0 bridgehead atoms. The number of aromatic nitrogens is 3. The first-order valence-corrected chi connectivity index (χ1v) is 4.49. The van der Waals surface area contributed by atoms with Crippen LogP contribution in [0.2, 0.25) is 0 Å². The Balaban J connectivity index is 2.71. The fourth-order valence-corrected chi connectivity index (χ4v) is 1.34. The molecule has 2 heterocycles. The quantitative estimate of drug-likeness (QED) is 0.641. The van der Waals surface area contributed by atoms with E-state index in [-0.39, 0.29) is 11.2 Å². The number of hydrogen-bond acceptors (Lipinski definition) is 2. The minimum absolute atomic E-state index is 0.289. The fourth-order valence-electron chi connectivity index (χ4n) is 1.34. The van der Waals surface area contributed by atoms with Crippen molar-refractivity contribution in [2.75, 3.05) is 0 Å². The summed E-state index contributed by atoms with van der Waals surface area (Å²) in [6.45, 7) is 5.80. The van der Waals surface area contributed by atoms with Crippen molar-refractivity contribution < 1.29 is 4.39 Å². The lowest BCUT2D eigenvalue weighted by atomic mass is 9.92. The van der Waals surface area contributed by atoms with Crippen molar-refractivity contribution in [3.63, 3.8) is 0 Å². The average Bonchev–Trinajstić information content (AvgIpc) is 2.47. The molecule has 0 spiro atoms. The molecule has 0 N–H and O–H groups in total. The van der Waals surface area contributed by atoms with Crippen LogP contribution in [0, 0.1) is 5.82 Å². The van der Waals surface area contributed by atoms with Gasteiger partial charge in [-0.25, -0.2) is 13.9 Å². The van der Waals surface area contributed by atoms with E-state index < -0.39 is 0 Å². The van der Waals surface area contributed by atoms with Crippen LogP contribution in [0.25, 0.3) is 5.65 Å². The molecule has 0 radical (unpaired) electrons. The van der Waals surface area contributed by atoms with Crippen molar-refractivity contribution >= 4 is 5.65 Å². The summed E-state index contributed by atoms with van der Waals surface area (Å²) in [4.78, 5) is 3.96. The first kappa shape index (κ1) is 9.12. The van der Waals surface area contributed by atoms with Gasteiger partial charge in [-0.15, -0.1) is 0 Å². The second kappa shape index (κ2) is 2.77. The summed E-state index contributed by atoms with van der Waals surface area (Å²) in [6.07, 6.45) is 3.32. The van der Waals surface area contributed by atoms with Crippen LogP contribution in [-0.2, 0) is 5.41 Å². The number of nitrogens with zero attached hydrogens (tertiary/aromatic N) is 3. The van der Waals surface area contributed by atoms with Crippen LogP contribution >= 0.6 is 0 Å². The number of halogens is 1. The Hall–Kier alpha value is -1.45. The zero-order chi connectivity index (χ0) is 10.3. The lowest BCUT2D eigenvalue weighted by molar-refractivity contribution is 0.490. The minimum atomic E-state index is -0.295. The van der Waals surface area contributed by atoms with Crippen molar-refractivity contribution in [3.8, 4) is 0 Å². The van der Waals surface area contributed by atoms with E-state index in [9.17, 15) is 4.39 Å². The lowest BCUT2D eigenvalue weighted by Gasteiger charge is -2.17. The van der Waals surface area contributed by atoms with Crippen LogP contribution in [0.15, 0.2) is 18.5 Å². The number of imidazole rings is 1. The molecule has 0 fully saturated rings. The monoisotopic (exact) mass is 193 g/mol. The van der Waals surface area contributed by atoms with E-state index in [1.807, 2.05) is 20.8 Å². The Kier molecular flexibility index (Phi) is 1.80. The standard InChI is InChI=1S/C10H12FN3/c1-10(2,3)9-7(11)6-8-12-4-5-14(8)13-9/h4-6H,1-3H3. The van der Waals surface area contributed by atoms with Crippen LogP contribution in [-0.4, -0.2) is 14.6 Å². The van der Waals surface area contributed by atoms with E-state index in [1.54, 1.807) is 16.9 Å². The number of hydrogen-bond donors (Lipinski definition) is 0. The zero-order valence-electron chi connectivity index (χ0n) is 8.45. The summed E-state index contributed by atoms with van der Waals surface area (Å²) in [5, 5.41) is 4.19. The maximum atomic E-state index is 13.6. The van der Waals surface area contributed by atoms with Crippen molar-refractivity contribution in [1.29, 1.82) is 0 Å². The molecule has 0 saturated carbocycles. The SMILES string of the molecule is CC(C)(C)c1nn2ccnc2cc1F. The van der Waals surface area contributed by atoms with E-state index in [0.29, 0.717) is 11.3 Å². The molecule has 0 unspecified atom stereocenters. The van der Waals surface area contributed by atoms with Gasteiger partial charge in [0.15, 0.2) is 11.5 Å². The molecule has 3 nitrogen and oxygen atoms in total. The molecular weight excluding hydrogens is 181 g/mol. The van der Waals surface area contributed by atoms with Gasteiger partial charge in [0.05, 0.1) is 0 Å². The molecule has 0 atom stereocenters. The highest BCUT2D eigenvalue weighted by molar-refractivity contribution is 5.38. The van der Waals surface area contributed by atoms with Crippen LogP contribution in [0.4, 0.5) is 4.39 Å². The second-order valence-corrected chi connectivity index (χ2v) is 4.32. The fraction of sp³-hybridized carbons (Fsp3) is 0.400. The lowest BCUT2D eigenvalue weighted by Crippen LogP contribution is -2.17. The summed E-state index contributed by atoms with van der Waals surface area (Å²) in [5.74, 6) is -0.295. The Morgan fingerprint density at radius 1 is 1.36 bits per heavy atom. The molecule has 74 valence electrons. The topological polar surface area (TPSA) is 30.2 Å². The molecule has 2 aromatic heterocycles. The third kappa shape index (κ3) is 1.36. The van der Waals surface area contributed by atoms with Crippen molar-refractivity contribution in [2.24, 2.45) is 0 Å². The van der Waals surface area contributed by atoms with Gasteiger partial charge in [-0.1, -0.05) is 20.8 Å². The summed E-state index contributed by atoms with van der Waals surface area (Å²) < 4.78 is 15.2. The molecule has 2 rings (SSSR count). The molecule has 0 saturated heterocycles.